The van der Waals surface area contributed by atoms with Crippen LogP contribution in [0.1, 0.15) is 17.4 Å². The Hall–Kier alpha value is -3.35. The Kier molecular flexibility index (Phi) is 5.17. The van der Waals surface area contributed by atoms with Crippen LogP contribution in [-0.2, 0) is 7.05 Å². The van der Waals surface area contributed by atoms with E-state index >= 15 is 0 Å². The highest BCUT2D eigenvalue weighted by Gasteiger charge is 2.21. The molecule has 2 amide bonds. The summed E-state index contributed by atoms with van der Waals surface area (Å²) < 4.78 is 20.7. The van der Waals surface area contributed by atoms with E-state index in [1.54, 1.807) is 47.3 Å². The maximum Gasteiger partial charge on any atom is 0.320 e. The molecule has 0 saturated carbocycles. The number of para-hydroxylation sites is 2. The zero-order valence-corrected chi connectivity index (χ0v) is 14.4. The first-order chi connectivity index (χ1) is 12.6. The number of benzene rings is 2. The predicted molar refractivity (Wildman–Crippen MR) is 96.6 cm³/mol. The molecule has 2 N–H and O–H groups in total. The van der Waals surface area contributed by atoms with E-state index in [9.17, 15) is 9.18 Å². The lowest BCUT2D eigenvalue weighted by atomic mass is 10.1. The molecule has 1 aromatic heterocycles. The summed E-state index contributed by atoms with van der Waals surface area (Å²) >= 11 is 0. The Morgan fingerprint density at radius 2 is 2.04 bits per heavy atom. The van der Waals surface area contributed by atoms with Gasteiger partial charge < -0.3 is 19.9 Å². The minimum Gasteiger partial charge on any atom is -0.495 e. The fourth-order valence-corrected chi connectivity index (χ4v) is 2.68. The molecule has 3 rings (SSSR count). The van der Waals surface area contributed by atoms with E-state index in [4.69, 9.17) is 4.74 Å². The van der Waals surface area contributed by atoms with Gasteiger partial charge in [0, 0.05) is 19.4 Å². The number of anilines is 1. The van der Waals surface area contributed by atoms with Gasteiger partial charge in [0.05, 0.1) is 12.8 Å². The number of rotatable bonds is 5. The second-order valence-electron chi connectivity index (χ2n) is 5.68. The van der Waals surface area contributed by atoms with Crippen LogP contribution in [0.15, 0.2) is 60.9 Å². The van der Waals surface area contributed by atoms with Crippen LogP contribution in [-0.4, -0.2) is 22.7 Å². The van der Waals surface area contributed by atoms with Crippen molar-refractivity contribution in [1.82, 2.24) is 14.9 Å². The lowest BCUT2D eigenvalue weighted by Gasteiger charge is -2.20. The van der Waals surface area contributed by atoms with Crippen molar-refractivity contribution in [3.63, 3.8) is 0 Å². The first-order valence-electron chi connectivity index (χ1n) is 8.01. The molecule has 0 bridgehead atoms. The summed E-state index contributed by atoms with van der Waals surface area (Å²) in [5, 5.41) is 5.60. The Morgan fingerprint density at radius 1 is 1.23 bits per heavy atom. The minimum atomic E-state index is -0.611. The second kappa shape index (κ2) is 7.69. The fraction of sp³-hybridized carbons (Fsp3) is 0.158. The van der Waals surface area contributed by atoms with Gasteiger partial charge in [-0.1, -0.05) is 24.3 Å². The van der Waals surface area contributed by atoms with Crippen molar-refractivity contribution >= 4 is 11.7 Å². The van der Waals surface area contributed by atoms with Gasteiger partial charge in [0.15, 0.2) is 0 Å². The van der Waals surface area contributed by atoms with Crippen molar-refractivity contribution in [3.8, 4) is 5.75 Å². The van der Waals surface area contributed by atoms with E-state index in [1.807, 2.05) is 13.1 Å². The molecule has 1 heterocycles. The number of carbonyl (C=O) groups excluding carboxylic acids is 1. The first kappa shape index (κ1) is 17.5. The highest BCUT2D eigenvalue weighted by atomic mass is 19.1. The normalized spacial score (nSPS) is 11.7. The molecule has 6 nitrogen and oxygen atoms in total. The molecule has 26 heavy (non-hydrogen) atoms. The average Bonchev–Trinajstić information content (AvgIpc) is 3.06. The molecule has 1 atom stereocenters. The number of carbonyl (C=O) groups is 1. The van der Waals surface area contributed by atoms with Crippen LogP contribution < -0.4 is 15.4 Å². The maximum absolute atomic E-state index is 13.7. The Morgan fingerprint density at radius 3 is 2.73 bits per heavy atom. The summed E-state index contributed by atoms with van der Waals surface area (Å²) in [6.07, 6.45) is 3.39. The minimum absolute atomic E-state index is 0.381. The second-order valence-corrected chi connectivity index (χ2v) is 5.68. The number of nitrogens with one attached hydrogen (secondary N) is 2. The van der Waals surface area contributed by atoms with Gasteiger partial charge in [-0.15, -0.1) is 0 Å². The monoisotopic (exact) mass is 354 g/mol. The molecule has 3 aromatic rings. The van der Waals surface area contributed by atoms with Gasteiger partial charge in [0.25, 0.3) is 0 Å². The van der Waals surface area contributed by atoms with Crippen molar-refractivity contribution in [2.45, 2.75) is 6.04 Å². The molecule has 134 valence electrons. The average molecular weight is 354 g/mol. The van der Waals surface area contributed by atoms with Crippen LogP contribution >= 0.6 is 0 Å². The standard InChI is InChI=1S/C19H19FN4O2/c1-24-11-10-21-18(24)17(13-6-5-7-14(20)12-13)23-19(25)22-15-8-3-4-9-16(15)26-2/h3-12,17H,1-2H3,(H2,22,23,25)/t17-/m0/s1. The number of nitrogens with zero attached hydrogens (tertiary/aromatic N) is 2. The van der Waals surface area contributed by atoms with Crippen molar-refractivity contribution in [3.05, 3.63) is 78.1 Å². The maximum atomic E-state index is 13.7. The molecule has 0 spiro atoms. The topological polar surface area (TPSA) is 68.2 Å². The third-order valence-electron chi connectivity index (χ3n) is 3.93. The third kappa shape index (κ3) is 3.83. The quantitative estimate of drug-likeness (QED) is 0.737. The van der Waals surface area contributed by atoms with Gasteiger partial charge in [-0.3, -0.25) is 0 Å². The molecule has 2 aromatic carbocycles. The van der Waals surface area contributed by atoms with E-state index in [2.05, 4.69) is 15.6 Å². The lowest BCUT2D eigenvalue weighted by molar-refractivity contribution is 0.249. The molecule has 0 unspecified atom stereocenters. The summed E-state index contributed by atoms with van der Waals surface area (Å²) in [5.74, 6) is 0.751. The molecule has 0 radical (unpaired) electrons. The van der Waals surface area contributed by atoms with Crippen LogP contribution in [0.25, 0.3) is 0 Å². The van der Waals surface area contributed by atoms with Crippen LogP contribution in [0.4, 0.5) is 14.9 Å². The van der Waals surface area contributed by atoms with Gasteiger partial charge in [-0.05, 0) is 29.8 Å². The van der Waals surface area contributed by atoms with Gasteiger partial charge in [-0.25, -0.2) is 14.2 Å². The third-order valence-corrected chi connectivity index (χ3v) is 3.93. The zero-order valence-electron chi connectivity index (χ0n) is 14.4. The largest absolute Gasteiger partial charge is 0.495 e. The summed E-state index contributed by atoms with van der Waals surface area (Å²) in [6, 6.07) is 12.1. The summed E-state index contributed by atoms with van der Waals surface area (Å²) in [7, 11) is 3.34. The number of aromatic nitrogens is 2. The molecule has 0 aliphatic rings. The number of ether oxygens (including phenoxy) is 1. The van der Waals surface area contributed by atoms with Gasteiger partial charge in [-0.2, -0.15) is 0 Å². The van der Waals surface area contributed by atoms with Crippen LogP contribution in [0, 0.1) is 5.82 Å². The number of hydrogen-bond acceptors (Lipinski definition) is 3. The summed E-state index contributed by atoms with van der Waals surface area (Å²) in [6.45, 7) is 0. The van der Waals surface area contributed by atoms with E-state index < -0.39 is 12.1 Å². The molecule has 0 saturated heterocycles. The number of amides is 2. The molecule has 0 fully saturated rings. The first-order valence-corrected chi connectivity index (χ1v) is 8.01. The molecule has 0 aliphatic heterocycles. The van der Waals surface area contributed by atoms with Crippen molar-refractivity contribution in [2.75, 3.05) is 12.4 Å². The Bertz CT molecular complexity index is 910. The van der Waals surface area contributed by atoms with Crippen molar-refractivity contribution in [1.29, 1.82) is 0 Å². The summed E-state index contributed by atoms with van der Waals surface area (Å²) in [5.41, 5.74) is 1.12. The van der Waals surface area contributed by atoms with Crippen LogP contribution in [0.2, 0.25) is 0 Å². The highest BCUT2D eigenvalue weighted by Crippen LogP contribution is 2.24. The number of halogens is 1. The van der Waals surface area contributed by atoms with Gasteiger partial charge in [0.1, 0.15) is 23.4 Å². The number of aryl methyl sites for hydroxylation is 1. The number of hydrogen-bond donors (Lipinski definition) is 2. The summed E-state index contributed by atoms with van der Waals surface area (Å²) in [4.78, 5) is 16.8. The number of urea groups is 1. The molecule has 7 heteroatoms. The SMILES string of the molecule is COc1ccccc1NC(=O)N[C@@H](c1cccc(F)c1)c1nccn1C. The molecular formula is C19H19FN4O2. The lowest BCUT2D eigenvalue weighted by Crippen LogP contribution is -2.34. The van der Waals surface area contributed by atoms with Gasteiger partial charge >= 0.3 is 6.03 Å². The number of methoxy groups -OCH3 is 1. The molecule has 0 aliphatic carbocycles. The number of imidazole rings is 1. The predicted octanol–water partition coefficient (Wildman–Crippen LogP) is 3.48. The van der Waals surface area contributed by atoms with Crippen LogP contribution in [0.5, 0.6) is 5.75 Å². The van der Waals surface area contributed by atoms with E-state index in [-0.39, 0.29) is 5.82 Å². The zero-order chi connectivity index (χ0) is 18.5. The van der Waals surface area contributed by atoms with Gasteiger partial charge in [0.2, 0.25) is 0 Å². The Labute approximate surface area is 150 Å². The van der Waals surface area contributed by atoms with E-state index in [0.29, 0.717) is 22.8 Å². The Balaban J connectivity index is 1.86. The fourth-order valence-electron chi connectivity index (χ4n) is 2.68. The van der Waals surface area contributed by atoms with Crippen molar-refractivity contribution in [2.24, 2.45) is 7.05 Å². The van der Waals surface area contributed by atoms with E-state index in [0.717, 1.165) is 0 Å². The molecular weight excluding hydrogens is 335 g/mol. The smallest absolute Gasteiger partial charge is 0.320 e. The van der Waals surface area contributed by atoms with Crippen LogP contribution in [0.3, 0.4) is 0 Å². The van der Waals surface area contributed by atoms with Crippen molar-refractivity contribution < 1.29 is 13.9 Å². The highest BCUT2D eigenvalue weighted by molar-refractivity contribution is 5.91. The van der Waals surface area contributed by atoms with E-state index in [1.165, 1.54) is 19.2 Å².